The second kappa shape index (κ2) is 8.70. The highest BCUT2D eigenvalue weighted by molar-refractivity contribution is 5.91. The highest BCUT2D eigenvalue weighted by atomic mass is 19.1. The zero-order chi connectivity index (χ0) is 27.0. The smallest absolute Gasteiger partial charge is 0.292 e. The van der Waals surface area contributed by atoms with Crippen molar-refractivity contribution in [1.29, 1.82) is 0 Å². The highest BCUT2D eigenvalue weighted by Gasteiger charge is 2.46. The van der Waals surface area contributed by atoms with Gasteiger partial charge in [-0.25, -0.2) is 14.4 Å². The molecule has 6 heterocycles. The van der Waals surface area contributed by atoms with E-state index in [1.807, 2.05) is 11.0 Å². The number of nitrogen functional groups attached to an aromatic ring is 1. The minimum atomic E-state index is -0.380. The van der Waals surface area contributed by atoms with Crippen molar-refractivity contribution in [2.45, 2.75) is 62.4 Å². The number of aromatic nitrogens is 8. The van der Waals surface area contributed by atoms with E-state index in [0.29, 0.717) is 34.3 Å². The number of piperidine rings is 1. The van der Waals surface area contributed by atoms with Gasteiger partial charge in [-0.15, -0.1) is 10.2 Å². The number of rotatable bonds is 5. The van der Waals surface area contributed by atoms with Crippen molar-refractivity contribution in [2.24, 2.45) is 0 Å². The Morgan fingerprint density at radius 2 is 1.88 bits per heavy atom. The van der Waals surface area contributed by atoms with Crippen molar-refractivity contribution in [2.75, 3.05) is 5.73 Å². The minimum Gasteiger partial charge on any atom is -0.383 e. The molecule has 1 amide bonds. The lowest BCUT2D eigenvalue weighted by Gasteiger charge is -2.39. The maximum Gasteiger partial charge on any atom is 0.292 e. The molecular formula is C28H27FN10O. The first-order valence-electron chi connectivity index (χ1n) is 13.7. The van der Waals surface area contributed by atoms with Crippen LogP contribution in [0.15, 0.2) is 43.1 Å². The zero-order valence-electron chi connectivity index (χ0n) is 21.6. The number of benzene rings is 1. The van der Waals surface area contributed by atoms with Crippen LogP contribution in [0.2, 0.25) is 0 Å². The Kier molecular flexibility index (Phi) is 5.07. The van der Waals surface area contributed by atoms with E-state index in [-0.39, 0.29) is 35.6 Å². The van der Waals surface area contributed by atoms with Crippen molar-refractivity contribution >= 4 is 17.4 Å². The molecule has 1 aromatic carbocycles. The van der Waals surface area contributed by atoms with Crippen molar-refractivity contribution < 1.29 is 9.18 Å². The third-order valence-corrected chi connectivity index (χ3v) is 8.74. The Hall–Kier alpha value is -4.61. The molecule has 12 heteroatoms. The predicted octanol–water partition coefficient (Wildman–Crippen LogP) is 4.05. The van der Waals surface area contributed by atoms with E-state index in [0.717, 1.165) is 55.3 Å². The molecule has 0 radical (unpaired) electrons. The predicted molar refractivity (Wildman–Crippen MR) is 144 cm³/mol. The molecule has 3 fully saturated rings. The first-order chi connectivity index (χ1) is 19.6. The summed E-state index contributed by atoms with van der Waals surface area (Å²) in [4.78, 5) is 30.4. The quantitative estimate of drug-likeness (QED) is 0.306. The summed E-state index contributed by atoms with van der Waals surface area (Å²) in [6.07, 6.45) is 12.1. The Balaban J connectivity index is 1.18. The zero-order valence-corrected chi connectivity index (χ0v) is 21.6. The van der Waals surface area contributed by atoms with Gasteiger partial charge >= 0.3 is 0 Å². The van der Waals surface area contributed by atoms with Gasteiger partial charge in [-0.2, -0.15) is 9.61 Å². The molecule has 1 saturated carbocycles. The number of carbonyl (C=O) groups excluding carboxylic acids is 1. The first-order valence-corrected chi connectivity index (χ1v) is 13.7. The number of nitrogens with two attached hydrogens (primary N) is 1. The van der Waals surface area contributed by atoms with Crippen molar-refractivity contribution in [1.82, 2.24) is 44.6 Å². The van der Waals surface area contributed by atoms with Crippen LogP contribution in [-0.4, -0.2) is 62.6 Å². The van der Waals surface area contributed by atoms with Crippen LogP contribution in [0, 0.1) is 5.82 Å². The van der Waals surface area contributed by atoms with Crippen LogP contribution in [0.3, 0.4) is 0 Å². The van der Waals surface area contributed by atoms with E-state index < -0.39 is 0 Å². The summed E-state index contributed by atoms with van der Waals surface area (Å²) in [5, 5.41) is 12.3. The summed E-state index contributed by atoms with van der Waals surface area (Å²) in [7, 11) is 0. The van der Waals surface area contributed by atoms with Gasteiger partial charge in [0.15, 0.2) is 5.65 Å². The number of hydrogen-bond donors (Lipinski definition) is 3. The highest BCUT2D eigenvalue weighted by Crippen LogP contribution is 2.50. The molecule has 2 saturated heterocycles. The summed E-state index contributed by atoms with van der Waals surface area (Å²) in [6.45, 7) is 0. The summed E-state index contributed by atoms with van der Waals surface area (Å²) < 4.78 is 16.9. The average Bonchev–Trinajstić information content (AvgIpc) is 3.37. The van der Waals surface area contributed by atoms with E-state index in [2.05, 4.69) is 30.2 Å². The number of hydrogen-bond acceptors (Lipinski definition) is 7. The summed E-state index contributed by atoms with van der Waals surface area (Å²) in [5.74, 6) is 1.43. The third-order valence-electron chi connectivity index (χ3n) is 8.74. The van der Waals surface area contributed by atoms with Gasteiger partial charge in [0, 0.05) is 41.5 Å². The molecule has 40 heavy (non-hydrogen) atoms. The molecule has 202 valence electrons. The molecule has 2 bridgehead atoms. The molecule has 0 spiro atoms. The molecule has 2 aliphatic heterocycles. The Bertz CT molecular complexity index is 1730. The van der Waals surface area contributed by atoms with Gasteiger partial charge in [-0.1, -0.05) is 6.07 Å². The van der Waals surface area contributed by atoms with Crippen LogP contribution in [0.1, 0.15) is 72.2 Å². The van der Waals surface area contributed by atoms with Gasteiger partial charge in [-0.3, -0.25) is 4.79 Å². The second-order valence-electron chi connectivity index (χ2n) is 11.1. The number of nitrogens with zero attached hydrogens (tertiary/aromatic N) is 7. The van der Waals surface area contributed by atoms with Gasteiger partial charge in [0.1, 0.15) is 23.8 Å². The van der Waals surface area contributed by atoms with Crippen LogP contribution in [0.5, 0.6) is 0 Å². The number of carbonyl (C=O) groups is 1. The molecule has 3 atom stereocenters. The number of anilines is 1. The lowest BCUT2D eigenvalue weighted by molar-refractivity contribution is 0.0557. The monoisotopic (exact) mass is 538 g/mol. The van der Waals surface area contributed by atoms with E-state index >= 15 is 4.39 Å². The largest absolute Gasteiger partial charge is 0.383 e. The van der Waals surface area contributed by atoms with Crippen molar-refractivity contribution in [3.05, 3.63) is 66.0 Å². The normalized spacial score (nSPS) is 22.3. The molecule has 1 aliphatic carbocycles. The number of H-pyrrole nitrogens is 2. The molecule has 4 N–H and O–H groups in total. The van der Waals surface area contributed by atoms with E-state index in [1.54, 1.807) is 29.2 Å². The number of halogens is 1. The first kappa shape index (κ1) is 23.3. The number of aromatic amines is 2. The van der Waals surface area contributed by atoms with Crippen molar-refractivity contribution in [3.63, 3.8) is 0 Å². The van der Waals surface area contributed by atoms with Gasteiger partial charge in [0.25, 0.3) is 5.91 Å². The number of imidazole rings is 1. The van der Waals surface area contributed by atoms with Crippen LogP contribution < -0.4 is 5.73 Å². The Morgan fingerprint density at radius 1 is 1.05 bits per heavy atom. The van der Waals surface area contributed by atoms with E-state index in [1.165, 1.54) is 12.4 Å². The fourth-order valence-corrected chi connectivity index (χ4v) is 6.80. The van der Waals surface area contributed by atoms with Crippen molar-refractivity contribution in [3.8, 4) is 22.5 Å². The summed E-state index contributed by atoms with van der Waals surface area (Å²) >= 11 is 0. The fourth-order valence-electron chi connectivity index (χ4n) is 6.80. The average molecular weight is 539 g/mol. The van der Waals surface area contributed by atoms with Crippen LogP contribution in [0.25, 0.3) is 28.2 Å². The van der Waals surface area contributed by atoms with Gasteiger partial charge in [-0.05, 0) is 62.1 Å². The maximum absolute atomic E-state index is 15.2. The van der Waals surface area contributed by atoms with E-state index in [9.17, 15) is 4.79 Å². The number of amides is 1. The second-order valence-corrected chi connectivity index (χ2v) is 11.1. The number of nitrogens with one attached hydrogen (secondary N) is 2. The van der Waals surface area contributed by atoms with Gasteiger partial charge in [0.2, 0.25) is 5.82 Å². The van der Waals surface area contributed by atoms with E-state index in [4.69, 9.17) is 10.7 Å². The fraction of sp³-hybridized carbons (Fsp3) is 0.357. The molecule has 3 aliphatic rings. The summed E-state index contributed by atoms with van der Waals surface area (Å²) in [6, 6.07) is 5.29. The molecule has 0 unspecified atom stereocenters. The molecule has 11 nitrogen and oxygen atoms in total. The lowest BCUT2D eigenvalue weighted by atomic mass is 9.85. The van der Waals surface area contributed by atoms with Gasteiger partial charge in [0.05, 0.1) is 17.5 Å². The van der Waals surface area contributed by atoms with Crippen LogP contribution in [-0.2, 0) is 0 Å². The minimum absolute atomic E-state index is 0.0908. The van der Waals surface area contributed by atoms with Crippen LogP contribution in [0.4, 0.5) is 10.2 Å². The maximum atomic E-state index is 15.2. The standard InChI is InChI=1S/C28H27FN10O/c29-21-11-15(3-6-19(21)25-31-7-8-32-25)20-12-35-39-24(30)22(14-1-2-14)23(36-27(20)39)16-9-17-4-5-18(10-16)38(17)28(40)26-33-13-34-37-26/h3,6-8,11-14,16-18H,1-2,4-5,9-10,30H2,(H,31,32)(H,33,34,37)/t16-,17-,18+. The van der Waals surface area contributed by atoms with Crippen LogP contribution >= 0.6 is 0 Å². The molecule has 4 aromatic heterocycles. The SMILES string of the molecule is Nc1c(C2CC2)c([C@@H]2C[C@H]3CC[C@@H](C2)N3C(=O)c2nnc[nH]2)nc2c(-c3ccc(-c4ncc[nH]4)c(F)c3)cnn12. The number of fused-ring (bicyclic) bond motifs is 3. The summed E-state index contributed by atoms with van der Waals surface area (Å²) in [5.41, 5.74) is 11.3. The third kappa shape index (κ3) is 3.55. The van der Waals surface area contributed by atoms with Gasteiger partial charge < -0.3 is 20.6 Å². The molecular weight excluding hydrogens is 511 g/mol. The lowest BCUT2D eigenvalue weighted by Crippen LogP contribution is -2.46. The Labute approximate surface area is 228 Å². The molecule has 8 rings (SSSR count). The Morgan fingerprint density at radius 3 is 2.55 bits per heavy atom. The molecule has 5 aromatic rings. The topological polar surface area (TPSA) is 147 Å².